The van der Waals surface area contributed by atoms with E-state index in [-0.39, 0.29) is 17.0 Å². The normalized spacial score (nSPS) is 10.3. The lowest BCUT2D eigenvalue weighted by Gasteiger charge is -2.07. The molecule has 2 rings (SSSR count). The molecule has 0 unspecified atom stereocenters. The van der Waals surface area contributed by atoms with Crippen molar-refractivity contribution in [2.24, 2.45) is 0 Å². The summed E-state index contributed by atoms with van der Waals surface area (Å²) >= 11 is 9.08. The molecule has 98 valence electrons. The van der Waals surface area contributed by atoms with Gasteiger partial charge >= 0.3 is 0 Å². The molecule has 0 fully saturated rings. The monoisotopic (exact) mass is 340 g/mol. The first-order chi connectivity index (χ1) is 8.95. The Morgan fingerprint density at radius 3 is 2.74 bits per heavy atom. The smallest absolute Gasteiger partial charge is 0.260 e. The number of hydrogen-bond donors (Lipinski definition) is 2. The van der Waals surface area contributed by atoms with Crippen LogP contribution in [0.2, 0.25) is 5.15 Å². The van der Waals surface area contributed by atoms with Crippen LogP contribution in [0.25, 0.3) is 0 Å². The Morgan fingerprint density at radius 2 is 2.11 bits per heavy atom. The van der Waals surface area contributed by atoms with Gasteiger partial charge in [0.25, 0.3) is 5.91 Å². The minimum Gasteiger partial charge on any atom is -0.398 e. The van der Waals surface area contributed by atoms with Gasteiger partial charge in [-0.25, -0.2) is 9.97 Å². The predicted molar refractivity (Wildman–Crippen MR) is 78.3 cm³/mol. The van der Waals surface area contributed by atoms with Crippen LogP contribution in [0.15, 0.2) is 28.7 Å². The Kier molecular flexibility index (Phi) is 4.01. The summed E-state index contributed by atoms with van der Waals surface area (Å²) in [6.07, 6.45) is 0. The maximum absolute atomic E-state index is 12.0. The quantitative estimate of drug-likeness (QED) is 0.650. The highest BCUT2D eigenvalue weighted by molar-refractivity contribution is 9.10. The number of carbonyl (C=O) groups excluding carboxylic acids is 1. The first-order valence-electron chi connectivity index (χ1n) is 5.33. The van der Waals surface area contributed by atoms with Crippen LogP contribution in [-0.4, -0.2) is 15.9 Å². The topological polar surface area (TPSA) is 80.9 Å². The number of hydrogen-bond acceptors (Lipinski definition) is 4. The van der Waals surface area contributed by atoms with Crippen LogP contribution in [0, 0.1) is 6.92 Å². The molecule has 19 heavy (non-hydrogen) atoms. The zero-order chi connectivity index (χ0) is 14.0. The van der Waals surface area contributed by atoms with Gasteiger partial charge in [-0.05, 0) is 31.2 Å². The molecule has 0 spiro atoms. The first-order valence-corrected chi connectivity index (χ1v) is 6.50. The van der Waals surface area contributed by atoms with Crippen LogP contribution < -0.4 is 11.1 Å². The maximum Gasteiger partial charge on any atom is 0.260 e. The average Bonchev–Trinajstić information content (AvgIpc) is 2.26. The second-order valence-electron chi connectivity index (χ2n) is 3.84. The first kappa shape index (κ1) is 13.8. The number of anilines is 2. The Hall–Kier alpha value is -1.66. The third kappa shape index (κ3) is 3.42. The number of amides is 1. The van der Waals surface area contributed by atoms with Gasteiger partial charge in [-0.3, -0.25) is 10.1 Å². The molecule has 7 heteroatoms. The number of carbonyl (C=O) groups is 1. The van der Waals surface area contributed by atoms with E-state index in [1.807, 2.05) is 0 Å². The van der Waals surface area contributed by atoms with E-state index in [1.54, 1.807) is 31.2 Å². The SMILES string of the molecule is Cc1cc(Cl)nc(NC(=O)c2ccc(Br)cc2N)n1. The second kappa shape index (κ2) is 5.54. The van der Waals surface area contributed by atoms with Crippen molar-refractivity contribution < 1.29 is 4.79 Å². The third-order valence-electron chi connectivity index (χ3n) is 2.31. The molecule has 0 atom stereocenters. The van der Waals surface area contributed by atoms with Crippen molar-refractivity contribution >= 4 is 45.1 Å². The number of aryl methyl sites for hydroxylation is 1. The van der Waals surface area contributed by atoms with Gasteiger partial charge in [0.2, 0.25) is 5.95 Å². The molecule has 1 aromatic carbocycles. The van der Waals surface area contributed by atoms with Gasteiger partial charge in [-0.1, -0.05) is 27.5 Å². The van der Waals surface area contributed by atoms with Crippen LogP contribution in [-0.2, 0) is 0 Å². The zero-order valence-corrected chi connectivity index (χ0v) is 12.3. The molecule has 2 aromatic rings. The van der Waals surface area contributed by atoms with E-state index < -0.39 is 0 Å². The van der Waals surface area contributed by atoms with Crippen molar-refractivity contribution in [2.45, 2.75) is 6.92 Å². The Labute approximate surface area is 123 Å². The number of nitrogens with two attached hydrogens (primary N) is 1. The van der Waals surface area contributed by atoms with E-state index in [4.69, 9.17) is 17.3 Å². The van der Waals surface area contributed by atoms with Gasteiger partial charge in [0.15, 0.2) is 0 Å². The fourth-order valence-corrected chi connectivity index (χ4v) is 2.11. The van der Waals surface area contributed by atoms with Crippen molar-refractivity contribution in [1.29, 1.82) is 0 Å². The lowest BCUT2D eigenvalue weighted by Crippen LogP contribution is -2.16. The fraction of sp³-hybridized carbons (Fsp3) is 0.0833. The summed E-state index contributed by atoms with van der Waals surface area (Å²) in [7, 11) is 0. The number of benzene rings is 1. The van der Waals surface area contributed by atoms with Crippen LogP contribution in [0.3, 0.4) is 0 Å². The third-order valence-corrected chi connectivity index (χ3v) is 2.99. The summed E-state index contributed by atoms with van der Waals surface area (Å²) in [5.41, 5.74) is 7.16. The van der Waals surface area contributed by atoms with Gasteiger partial charge in [-0.2, -0.15) is 0 Å². The molecule has 3 N–H and O–H groups in total. The number of nitrogens with one attached hydrogen (secondary N) is 1. The highest BCUT2D eigenvalue weighted by Gasteiger charge is 2.12. The van der Waals surface area contributed by atoms with E-state index in [1.165, 1.54) is 0 Å². The molecule has 0 saturated heterocycles. The maximum atomic E-state index is 12.0. The van der Waals surface area contributed by atoms with Crippen molar-refractivity contribution in [1.82, 2.24) is 9.97 Å². The molecule has 0 aliphatic carbocycles. The van der Waals surface area contributed by atoms with Crippen LogP contribution in [0.1, 0.15) is 16.1 Å². The molecule has 1 amide bonds. The molecule has 1 aromatic heterocycles. The molecular formula is C12H10BrClN4O. The molecule has 1 heterocycles. The Bertz CT molecular complexity index is 627. The van der Waals surface area contributed by atoms with Crippen LogP contribution in [0.4, 0.5) is 11.6 Å². The van der Waals surface area contributed by atoms with E-state index in [2.05, 4.69) is 31.2 Å². The van der Waals surface area contributed by atoms with E-state index in [9.17, 15) is 4.79 Å². The van der Waals surface area contributed by atoms with Gasteiger partial charge in [0.05, 0.1) is 5.56 Å². The van der Waals surface area contributed by atoms with E-state index in [0.717, 1.165) is 4.47 Å². The van der Waals surface area contributed by atoms with Crippen LogP contribution >= 0.6 is 27.5 Å². The number of aromatic nitrogens is 2. The predicted octanol–water partition coefficient (Wildman–Crippen LogP) is 3.04. The molecule has 0 radical (unpaired) electrons. The van der Waals surface area contributed by atoms with Gasteiger partial charge in [0.1, 0.15) is 5.15 Å². The average molecular weight is 342 g/mol. The van der Waals surface area contributed by atoms with Crippen molar-refractivity contribution in [2.75, 3.05) is 11.1 Å². The molecular weight excluding hydrogens is 332 g/mol. The minimum atomic E-state index is -0.383. The van der Waals surface area contributed by atoms with E-state index in [0.29, 0.717) is 16.9 Å². The summed E-state index contributed by atoms with van der Waals surface area (Å²) in [6.45, 7) is 1.76. The zero-order valence-electron chi connectivity index (χ0n) is 9.95. The molecule has 5 nitrogen and oxygen atoms in total. The highest BCUT2D eigenvalue weighted by atomic mass is 79.9. The summed E-state index contributed by atoms with van der Waals surface area (Å²) in [5.74, 6) is -0.232. The van der Waals surface area contributed by atoms with Crippen molar-refractivity contribution in [3.63, 3.8) is 0 Å². The molecule has 0 aliphatic heterocycles. The second-order valence-corrected chi connectivity index (χ2v) is 5.14. The number of halogens is 2. The molecule has 0 saturated carbocycles. The highest BCUT2D eigenvalue weighted by Crippen LogP contribution is 2.19. The minimum absolute atomic E-state index is 0.150. The van der Waals surface area contributed by atoms with Gasteiger partial charge in [0, 0.05) is 15.9 Å². The van der Waals surface area contributed by atoms with Crippen LogP contribution in [0.5, 0.6) is 0 Å². The van der Waals surface area contributed by atoms with Crippen molar-refractivity contribution in [3.8, 4) is 0 Å². The number of nitrogens with zero attached hydrogens (tertiary/aromatic N) is 2. The Morgan fingerprint density at radius 1 is 1.37 bits per heavy atom. The summed E-state index contributed by atoms with van der Waals surface area (Å²) in [4.78, 5) is 20.0. The fourth-order valence-electron chi connectivity index (χ4n) is 1.50. The Balaban J connectivity index is 2.25. The van der Waals surface area contributed by atoms with Crippen molar-refractivity contribution in [3.05, 3.63) is 45.1 Å². The van der Waals surface area contributed by atoms with Gasteiger partial charge in [-0.15, -0.1) is 0 Å². The molecule has 0 bridgehead atoms. The lowest BCUT2D eigenvalue weighted by molar-refractivity contribution is 0.102. The van der Waals surface area contributed by atoms with E-state index >= 15 is 0 Å². The summed E-state index contributed by atoms with van der Waals surface area (Å²) in [5, 5.41) is 2.83. The summed E-state index contributed by atoms with van der Waals surface area (Å²) in [6, 6.07) is 6.60. The lowest BCUT2D eigenvalue weighted by atomic mass is 10.2. The van der Waals surface area contributed by atoms with Gasteiger partial charge < -0.3 is 5.73 Å². The molecule has 0 aliphatic rings. The summed E-state index contributed by atoms with van der Waals surface area (Å²) < 4.78 is 0.802. The number of rotatable bonds is 2. The number of nitrogen functional groups attached to an aromatic ring is 1. The largest absolute Gasteiger partial charge is 0.398 e. The standard InChI is InChI=1S/C12H10BrClN4O/c1-6-4-10(14)17-12(16-6)18-11(19)8-3-2-7(13)5-9(8)15/h2-5H,15H2,1H3,(H,16,17,18,19).